The lowest BCUT2D eigenvalue weighted by Crippen LogP contribution is -2.50. The van der Waals surface area contributed by atoms with Crippen molar-refractivity contribution < 1.29 is 20.1 Å². The van der Waals surface area contributed by atoms with E-state index in [9.17, 15) is 15.0 Å². The highest BCUT2D eigenvalue weighted by Gasteiger charge is 2.28. The summed E-state index contributed by atoms with van der Waals surface area (Å²) in [6.45, 7) is 3.58. The van der Waals surface area contributed by atoms with Crippen molar-refractivity contribution in [2.45, 2.75) is 32.2 Å². The molecule has 0 spiro atoms. The summed E-state index contributed by atoms with van der Waals surface area (Å²) in [6, 6.07) is 3.77. The predicted octanol–water partition coefficient (Wildman–Crippen LogP) is 1.38. The third kappa shape index (κ3) is 2.92. The van der Waals surface area contributed by atoms with Gasteiger partial charge >= 0.3 is 0 Å². The van der Waals surface area contributed by atoms with E-state index in [1.165, 1.54) is 12.1 Å². The highest BCUT2D eigenvalue weighted by atomic mass is 16.3. The molecule has 5 heteroatoms. The number of aliphatic hydroxyl groups excluding tert-OH is 1. The van der Waals surface area contributed by atoms with Gasteiger partial charge in [0.1, 0.15) is 11.5 Å². The number of nitrogens with one attached hydrogen (secondary N) is 1. The molecule has 0 aliphatic heterocycles. The van der Waals surface area contributed by atoms with Gasteiger partial charge in [0, 0.05) is 6.07 Å². The van der Waals surface area contributed by atoms with E-state index in [-0.39, 0.29) is 23.7 Å². The average Bonchev–Trinajstić information content (AvgIpc) is 2.36. The molecule has 0 aliphatic rings. The van der Waals surface area contributed by atoms with Crippen molar-refractivity contribution in [1.82, 2.24) is 5.32 Å². The van der Waals surface area contributed by atoms with E-state index in [0.717, 1.165) is 6.07 Å². The van der Waals surface area contributed by atoms with Crippen LogP contribution in [0.1, 0.15) is 37.0 Å². The summed E-state index contributed by atoms with van der Waals surface area (Å²) < 4.78 is 0. The molecule has 0 aliphatic carbocycles. The summed E-state index contributed by atoms with van der Waals surface area (Å²) in [7, 11) is 0. The number of aromatic hydroxyl groups is 2. The van der Waals surface area contributed by atoms with Crippen molar-refractivity contribution in [3.8, 4) is 11.5 Å². The van der Waals surface area contributed by atoms with E-state index < -0.39 is 11.4 Å². The van der Waals surface area contributed by atoms with Crippen LogP contribution >= 0.6 is 0 Å². The van der Waals surface area contributed by atoms with E-state index >= 15 is 0 Å². The molecule has 0 heterocycles. The molecule has 0 fully saturated rings. The molecular formula is C13H19NO4. The molecule has 1 amide bonds. The Morgan fingerprint density at radius 2 is 1.89 bits per heavy atom. The fourth-order valence-electron chi connectivity index (χ4n) is 1.71. The van der Waals surface area contributed by atoms with Crippen LogP contribution in [0.2, 0.25) is 0 Å². The number of phenolic OH excluding ortho intramolecular Hbond substituents is 2. The number of rotatable bonds is 5. The Morgan fingerprint density at radius 1 is 1.28 bits per heavy atom. The molecule has 100 valence electrons. The van der Waals surface area contributed by atoms with Crippen molar-refractivity contribution in [1.29, 1.82) is 0 Å². The first-order valence-corrected chi connectivity index (χ1v) is 5.93. The van der Waals surface area contributed by atoms with E-state index in [4.69, 9.17) is 5.11 Å². The van der Waals surface area contributed by atoms with E-state index in [2.05, 4.69) is 5.32 Å². The number of carbonyl (C=O) groups excluding carboxylic acids is 1. The van der Waals surface area contributed by atoms with Crippen LogP contribution in [0.5, 0.6) is 11.5 Å². The third-order valence-corrected chi connectivity index (χ3v) is 3.26. The molecule has 1 aromatic rings. The Kier molecular flexibility index (Phi) is 4.55. The molecule has 1 rings (SSSR count). The van der Waals surface area contributed by atoms with Crippen molar-refractivity contribution in [2.75, 3.05) is 6.61 Å². The van der Waals surface area contributed by atoms with Gasteiger partial charge in [0.15, 0.2) is 0 Å². The van der Waals surface area contributed by atoms with Gasteiger partial charge in [-0.1, -0.05) is 13.8 Å². The van der Waals surface area contributed by atoms with Crippen LogP contribution in [0.15, 0.2) is 18.2 Å². The number of hydrogen-bond donors (Lipinski definition) is 4. The van der Waals surface area contributed by atoms with Gasteiger partial charge in [-0.25, -0.2) is 0 Å². The average molecular weight is 253 g/mol. The van der Waals surface area contributed by atoms with Gasteiger partial charge in [-0.3, -0.25) is 4.79 Å². The Labute approximate surface area is 106 Å². The quantitative estimate of drug-likeness (QED) is 0.638. The van der Waals surface area contributed by atoms with Gasteiger partial charge in [-0.2, -0.15) is 0 Å². The number of hydrogen-bond acceptors (Lipinski definition) is 4. The second-order valence-corrected chi connectivity index (χ2v) is 4.30. The number of aliphatic hydroxyl groups is 1. The first kappa shape index (κ1) is 14.3. The first-order chi connectivity index (χ1) is 8.48. The lowest BCUT2D eigenvalue weighted by Gasteiger charge is -2.30. The summed E-state index contributed by atoms with van der Waals surface area (Å²) in [6.07, 6.45) is 1.18. The predicted molar refractivity (Wildman–Crippen MR) is 67.6 cm³/mol. The van der Waals surface area contributed by atoms with Gasteiger partial charge in [-0.15, -0.1) is 0 Å². The topological polar surface area (TPSA) is 89.8 Å². The Balaban J connectivity index is 2.94. The van der Waals surface area contributed by atoms with Crippen LogP contribution in [0, 0.1) is 0 Å². The van der Waals surface area contributed by atoms with Crippen LogP contribution < -0.4 is 5.32 Å². The minimum atomic E-state index is -0.679. The maximum Gasteiger partial charge on any atom is 0.255 e. The summed E-state index contributed by atoms with van der Waals surface area (Å²) >= 11 is 0. The van der Waals surface area contributed by atoms with Crippen molar-refractivity contribution in [3.05, 3.63) is 23.8 Å². The van der Waals surface area contributed by atoms with Crippen molar-refractivity contribution >= 4 is 5.91 Å². The van der Waals surface area contributed by atoms with E-state index in [1.54, 1.807) is 0 Å². The van der Waals surface area contributed by atoms with Crippen LogP contribution in [-0.2, 0) is 0 Å². The van der Waals surface area contributed by atoms with Crippen LogP contribution in [0.25, 0.3) is 0 Å². The fraction of sp³-hybridized carbons (Fsp3) is 0.462. The SMILES string of the molecule is CCC(CC)(CO)NC(=O)c1ccc(O)cc1O. The Morgan fingerprint density at radius 3 is 2.33 bits per heavy atom. The molecule has 1 aromatic carbocycles. The van der Waals surface area contributed by atoms with E-state index in [1.807, 2.05) is 13.8 Å². The zero-order valence-electron chi connectivity index (χ0n) is 10.6. The third-order valence-electron chi connectivity index (χ3n) is 3.26. The summed E-state index contributed by atoms with van der Waals surface area (Å²) in [5.74, 6) is -0.861. The molecule has 0 bridgehead atoms. The number of carbonyl (C=O) groups is 1. The van der Waals surface area contributed by atoms with Gasteiger partial charge in [0.05, 0.1) is 17.7 Å². The Bertz CT molecular complexity index is 419. The lowest BCUT2D eigenvalue weighted by atomic mass is 9.93. The second kappa shape index (κ2) is 5.73. The van der Waals surface area contributed by atoms with Gasteiger partial charge in [-0.05, 0) is 25.0 Å². The highest BCUT2D eigenvalue weighted by Crippen LogP contribution is 2.24. The number of phenols is 2. The standard InChI is InChI=1S/C13H19NO4/c1-3-13(4-2,8-15)14-12(18)10-6-5-9(16)7-11(10)17/h5-7,15-17H,3-4,8H2,1-2H3,(H,14,18). The second-order valence-electron chi connectivity index (χ2n) is 4.30. The summed E-state index contributed by atoms with van der Waals surface area (Å²) in [5.41, 5.74) is -0.603. The molecule has 0 aromatic heterocycles. The molecule has 18 heavy (non-hydrogen) atoms. The lowest BCUT2D eigenvalue weighted by molar-refractivity contribution is 0.0815. The first-order valence-electron chi connectivity index (χ1n) is 5.93. The minimum Gasteiger partial charge on any atom is -0.508 e. The zero-order valence-corrected chi connectivity index (χ0v) is 10.6. The van der Waals surface area contributed by atoms with Crippen molar-refractivity contribution in [3.63, 3.8) is 0 Å². The number of benzene rings is 1. The molecule has 0 unspecified atom stereocenters. The molecule has 0 saturated carbocycles. The molecular weight excluding hydrogens is 234 g/mol. The normalized spacial score (nSPS) is 11.3. The maximum absolute atomic E-state index is 12.0. The van der Waals surface area contributed by atoms with Crippen molar-refractivity contribution in [2.24, 2.45) is 0 Å². The van der Waals surface area contributed by atoms with Gasteiger partial charge in [0.25, 0.3) is 5.91 Å². The maximum atomic E-state index is 12.0. The van der Waals surface area contributed by atoms with Gasteiger partial charge in [0.2, 0.25) is 0 Å². The molecule has 0 radical (unpaired) electrons. The van der Waals surface area contributed by atoms with Crippen LogP contribution in [0.4, 0.5) is 0 Å². The van der Waals surface area contributed by atoms with Crippen LogP contribution in [-0.4, -0.2) is 33.4 Å². The summed E-state index contributed by atoms with van der Waals surface area (Å²) in [4.78, 5) is 12.0. The smallest absolute Gasteiger partial charge is 0.255 e. The monoisotopic (exact) mass is 253 g/mol. The zero-order chi connectivity index (χ0) is 13.8. The summed E-state index contributed by atoms with van der Waals surface area (Å²) in [5, 5.41) is 30.8. The number of amides is 1. The Hall–Kier alpha value is -1.75. The molecule has 4 N–H and O–H groups in total. The van der Waals surface area contributed by atoms with E-state index in [0.29, 0.717) is 12.8 Å². The fourth-order valence-corrected chi connectivity index (χ4v) is 1.71. The molecule has 0 saturated heterocycles. The van der Waals surface area contributed by atoms with Gasteiger partial charge < -0.3 is 20.6 Å². The molecule has 5 nitrogen and oxygen atoms in total. The van der Waals surface area contributed by atoms with Crippen LogP contribution in [0.3, 0.4) is 0 Å². The largest absolute Gasteiger partial charge is 0.508 e. The minimum absolute atomic E-state index is 0.0764. The molecule has 0 atom stereocenters. The highest BCUT2D eigenvalue weighted by molar-refractivity contribution is 5.97.